The molecule has 322 valence electrons. The first-order valence-corrected chi connectivity index (χ1v) is 23.3. The molecule has 3 aliphatic rings. The third-order valence-corrected chi connectivity index (χ3v) is 14.6. The Kier molecular flexibility index (Phi) is 12.6. The number of aromatic nitrogens is 1. The van der Waals surface area contributed by atoms with Gasteiger partial charge in [-0.05, 0) is 27.8 Å². The number of esters is 2. The number of nitrogens with zero attached hydrogens (tertiary/aromatic N) is 3. The molecule has 9 rings (SSSR count). The van der Waals surface area contributed by atoms with Crippen LogP contribution in [0.2, 0.25) is 0 Å². The van der Waals surface area contributed by atoms with E-state index in [0.29, 0.717) is 16.5 Å². The van der Waals surface area contributed by atoms with Gasteiger partial charge in [-0.25, -0.2) is 9.78 Å². The zero-order chi connectivity index (χ0) is 44.0. The van der Waals surface area contributed by atoms with E-state index in [0.717, 1.165) is 27.8 Å². The summed E-state index contributed by atoms with van der Waals surface area (Å²) in [6, 6.07) is 47.9. The van der Waals surface area contributed by atoms with Crippen LogP contribution in [0.3, 0.4) is 0 Å². The number of anilines is 1. The molecule has 0 spiro atoms. The third-order valence-electron chi connectivity index (χ3n) is 11.1. The second-order valence-electron chi connectivity index (χ2n) is 14.9. The van der Waals surface area contributed by atoms with E-state index < -0.39 is 46.1 Å². The van der Waals surface area contributed by atoms with Crippen LogP contribution in [0.25, 0.3) is 0 Å². The standard InChI is InChI=1S/C49H41N5O7S3/c1-59-53-39(36-29-63-48(50-36)52-49(33-21-11-4-12-22-33,34-23-13-5-14-24-34)35-25-15-6-16-26-35)43(55)51-40-44(56)54-41(38(30-62-45(40)54)64-37-27-28-60-46(37)57)47(58)61-42(31-17-7-2-8-18-31)32-19-9-3-10-20-32/h2-26,29,37,40,42,45H,27-28,30H2,1H3,(H,50,52)(H,51,55)/b53-39-/t37?,40-,45+/m1/s1. The molecular weight excluding hydrogens is 867 g/mol. The van der Waals surface area contributed by atoms with Gasteiger partial charge in [-0.2, -0.15) is 0 Å². The van der Waals surface area contributed by atoms with Crippen LogP contribution in [0.4, 0.5) is 5.13 Å². The number of β-lactam (4-membered cyclic amide) rings is 1. The zero-order valence-electron chi connectivity index (χ0n) is 34.4. The van der Waals surface area contributed by atoms with E-state index >= 15 is 0 Å². The SMILES string of the molecule is CO/N=C(\C(=O)N[C@@H]1C(=O)N2C(C(=O)OC(c3ccccc3)c3ccccc3)=C(SC3CCOC3=O)CS[C@@H]12)c1csc(NC(c2ccccc2)(c2ccccc2)c2ccccc2)n1. The van der Waals surface area contributed by atoms with E-state index in [9.17, 15) is 19.2 Å². The minimum atomic E-state index is -1.03. The first-order valence-electron chi connectivity index (χ1n) is 20.5. The maximum atomic E-state index is 14.5. The Labute approximate surface area is 382 Å². The fraction of sp³-hybridized carbons (Fsp3) is 0.184. The second kappa shape index (κ2) is 19.0. The topological polar surface area (TPSA) is 149 Å². The number of thioether (sulfide) groups is 2. The molecule has 0 bridgehead atoms. The normalized spacial score (nSPS) is 18.5. The molecule has 2 amide bonds. The number of cyclic esters (lactones) is 1. The molecule has 2 N–H and O–H groups in total. The lowest BCUT2D eigenvalue weighted by molar-refractivity contribution is -0.154. The zero-order valence-corrected chi connectivity index (χ0v) is 36.8. The molecule has 64 heavy (non-hydrogen) atoms. The molecule has 1 aromatic heterocycles. The Morgan fingerprint density at radius 3 is 1.89 bits per heavy atom. The summed E-state index contributed by atoms with van der Waals surface area (Å²) in [4.78, 5) is 67.5. The molecule has 5 aromatic carbocycles. The second-order valence-corrected chi connectivity index (χ2v) is 18.2. The summed E-state index contributed by atoms with van der Waals surface area (Å²) < 4.78 is 11.5. The predicted molar refractivity (Wildman–Crippen MR) is 248 cm³/mol. The van der Waals surface area contributed by atoms with Gasteiger partial charge < -0.3 is 24.9 Å². The summed E-state index contributed by atoms with van der Waals surface area (Å²) in [6.07, 6.45) is -0.318. The molecule has 1 unspecified atom stereocenters. The maximum Gasteiger partial charge on any atom is 0.356 e. The average molecular weight is 908 g/mol. The van der Waals surface area contributed by atoms with Crippen molar-refractivity contribution in [3.05, 3.63) is 201 Å². The lowest BCUT2D eigenvalue weighted by atomic mass is 9.77. The highest BCUT2D eigenvalue weighted by molar-refractivity contribution is 8.07. The van der Waals surface area contributed by atoms with Gasteiger partial charge in [0.05, 0.1) is 6.61 Å². The minimum absolute atomic E-state index is 0.0422. The molecule has 0 saturated carbocycles. The summed E-state index contributed by atoms with van der Waals surface area (Å²) in [6.45, 7) is 0.274. The van der Waals surface area contributed by atoms with Gasteiger partial charge in [-0.3, -0.25) is 19.3 Å². The van der Waals surface area contributed by atoms with Crippen LogP contribution in [0.5, 0.6) is 0 Å². The third kappa shape index (κ3) is 8.41. The van der Waals surface area contributed by atoms with E-state index in [1.54, 1.807) is 5.38 Å². The van der Waals surface area contributed by atoms with Crippen molar-refractivity contribution in [3.63, 3.8) is 0 Å². The molecule has 3 atom stereocenters. The Morgan fingerprint density at radius 2 is 1.38 bits per heavy atom. The smallest absolute Gasteiger partial charge is 0.356 e. The lowest BCUT2D eigenvalue weighted by Gasteiger charge is -2.49. The number of carbonyl (C=O) groups excluding carboxylic acids is 4. The number of nitrogens with one attached hydrogen (secondary N) is 2. The highest BCUT2D eigenvalue weighted by atomic mass is 32.2. The van der Waals surface area contributed by atoms with E-state index in [2.05, 4.69) is 52.2 Å². The summed E-state index contributed by atoms with van der Waals surface area (Å²) >= 11 is 3.88. The molecule has 4 heterocycles. The monoisotopic (exact) mass is 907 g/mol. The fourth-order valence-corrected chi connectivity index (χ4v) is 11.5. The Morgan fingerprint density at radius 1 is 0.828 bits per heavy atom. The van der Waals surface area contributed by atoms with Crippen molar-refractivity contribution in [1.82, 2.24) is 15.2 Å². The number of thiazole rings is 1. The molecule has 15 heteroatoms. The van der Waals surface area contributed by atoms with Crippen molar-refractivity contribution in [2.75, 3.05) is 24.8 Å². The van der Waals surface area contributed by atoms with Crippen LogP contribution < -0.4 is 10.6 Å². The molecule has 3 aliphatic heterocycles. The summed E-state index contributed by atoms with van der Waals surface area (Å²) in [7, 11) is 1.33. The number of oxime groups is 1. The van der Waals surface area contributed by atoms with Crippen molar-refractivity contribution >= 4 is 69.5 Å². The lowest BCUT2D eigenvalue weighted by Crippen LogP contribution is -2.71. The van der Waals surface area contributed by atoms with Crippen LogP contribution in [-0.4, -0.2) is 75.5 Å². The molecular formula is C49H41N5O7S3. The van der Waals surface area contributed by atoms with Crippen molar-refractivity contribution < 1.29 is 33.5 Å². The first-order chi connectivity index (χ1) is 31.4. The number of rotatable bonds is 15. The van der Waals surface area contributed by atoms with Crippen molar-refractivity contribution in [1.29, 1.82) is 0 Å². The summed E-state index contributed by atoms with van der Waals surface area (Å²) in [5.74, 6) is -2.02. The van der Waals surface area contributed by atoms with Crippen LogP contribution in [0.1, 0.15) is 46.0 Å². The number of amides is 2. The average Bonchev–Trinajstić information content (AvgIpc) is 3.99. The molecule has 12 nitrogen and oxygen atoms in total. The molecule has 2 saturated heterocycles. The van der Waals surface area contributed by atoms with E-state index in [4.69, 9.17) is 19.3 Å². The number of hydrogen-bond acceptors (Lipinski definition) is 13. The van der Waals surface area contributed by atoms with Crippen molar-refractivity contribution in [2.45, 2.75) is 34.7 Å². The van der Waals surface area contributed by atoms with Gasteiger partial charge in [0.15, 0.2) is 16.9 Å². The van der Waals surface area contributed by atoms with Crippen LogP contribution in [0, 0.1) is 0 Å². The molecule has 2 fully saturated rings. The highest BCUT2D eigenvalue weighted by Crippen LogP contribution is 2.47. The molecule has 0 radical (unpaired) electrons. The van der Waals surface area contributed by atoms with Crippen molar-refractivity contribution in [2.24, 2.45) is 5.16 Å². The van der Waals surface area contributed by atoms with Crippen molar-refractivity contribution in [3.8, 4) is 0 Å². The van der Waals surface area contributed by atoms with Gasteiger partial charge in [0.25, 0.3) is 11.8 Å². The Bertz CT molecular complexity index is 2570. The predicted octanol–water partition coefficient (Wildman–Crippen LogP) is 7.89. The Balaban J connectivity index is 0.983. The summed E-state index contributed by atoms with van der Waals surface area (Å²) in [5.41, 5.74) is 3.68. The fourth-order valence-electron chi connectivity index (χ4n) is 8.06. The van der Waals surface area contributed by atoms with Crippen LogP contribution in [-0.2, 0) is 39.0 Å². The Hall–Kier alpha value is -6.68. The number of hydrogen-bond donors (Lipinski definition) is 2. The highest BCUT2D eigenvalue weighted by Gasteiger charge is 2.55. The van der Waals surface area contributed by atoms with Gasteiger partial charge in [-0.15, -0.1) is 34.9 Å². The summed E-state index contributed by atoms with van der Waals surface area (Å²) in [5, 5.41) is 11.7. The first kappa shape index (κ1) is 42.6. The van der Waals surface area contributed by atoms with Crippen LogP contribution in [0.15, 0.2) is 173 Å². The minimum Gasteiger partial charge on any atom is -0.465 e. The van der Waals surface area contributed by atoms with Gasteiger partial charge in [0, 0.05) is 22.5 Å². The van der Waals surface area contributed by atoms with E-state index in [-0.39, 0.29) is 35.4 Å². The number of fused-ring (bicyclic) bond motifs is 1. The maximum absolute atomic E-state index is 14.5. The molecule has 0 aliphatic carbocycles. The number of benzene rings is 5. The van der Waals surface area contributed by atoms with Gasteiger partial charge >= 0.3 is 11.9 Å². The van der Waals surface area contributed by atoms with E-state index in [1.165, 1.54) is 46.9 Å². The number of ether oxygens (including phenoxy) is 2. The van der Waals surface area contributed by atoms with Gasteiger partial charge in [0.2, 0.25) is 0 Å². The molecule has 6 aromatic rings. The van der Waals surface area contributed by atoms with Gasteiger partial charge in [-0.1, -0.05) is 157 Å². The largest absolute Gasteiger partial charge is 0.465 e. The van der Waals surface area contributed by atoms with E-state index in [1.807, 2.05) is 115 Å². The van der Waals surface area contributed by atoms with Gasteiger partial charge in [0.1, 0.15) is 40.7 Å². The quantitative estimate of drug-likeness (QED) is 0.0341. The van der Waals surface area contributed by atoms with Crippen LogP contribution >= 0.6 is 34.9 Å². The number of carbonyl (C=O) groups is 4.